The second-order valence-electron chi connectivity index (χ2n) is 6.37. The number of allylic oxidation sites excluding steroid dienone is 1. The molecule has 0 saturated heterocycles. The zero-order valence-corrected chi connectivity index (χ0v) is 15.8. The molecule has 0 unspecified atom stereocenters. The maximum atomic E-state index is 8.63. The molecule has 0 fully saturated rings. The van der Waals surface area contributed by atoms with Gasteiger partial charge in [-0.2, -0.15) is 0 Å². The van der Waals surface area contributed by atoms with Crippen LogP contribution in [0.15, 0.2) is 30.5 Å². The molecule has 0 saturated carbocycles. The quantitative estimate of drug-likeness (QED) is 0.610. The maximum Gasteiger partial charge on any atom is 0.109 e. The third kappa shape index (κ3) is 5.31. The van der Waals surface area contributed by atoms with E-state index in [1.165, 1.54) is 29.7 Å². The highest BCUT2D eigenvalue weighted by molar-refractivity contribution is 5.77. The van der Waals surface area contributed by atoms with E-state index in [0.717, 1.165) is 44.5 Å². The van der Waals surface area contributed by atoms with E-state index < -0.39 is 0 Å². The fourth-order valence-corrected chi connectivity index (χ4v) is 3.16. The van der Waals surface area contributed by atoms with Crippen molar-refractivity contribution in [1.82, 2.24) is 19.9 Å². The van der Waals surface area contributed by atoms with Crippen LogP contribution in [0.1, 0.15) is 45.0 Å². The Balaban J connectivity index is 2.27. The van der Waals surface area contributed by atoms with E-state index >= 15 is 0 Å². The Morgan fingerprint density at radius 1 is 1.24 bits per heavy atom. The zero-order chi connectivity index (χ0) is 18.1. The predicted molar refractivity (Wildman–Crippen MR) is 104 cm³/mol. The third-order valence-electron chi connectivity index (χ3n) is 4.73. The highest BCUT2D eigenvalue weighted by Gasteiger charge is 2.12. The van der Waals surface area contributed by atoms with Crippen molar-refractivity contribution in [3.8, 4) is 0 Å². The summed E-state index contributed by atoms with van der Waals surface area (Å²) in [5.74, 6) is 1.20. The van der Waals surface area contributed by atoms with Crippen LogP contribution >= 0.6 is 0 Å². The topological polar surface area (TPSA) is 53.3 Å². The lowest BCUT2D eigenvalue weighted by molar-refractivity contribution is 0.214. The van der Waals surface area contributed by atoms with Crippen LogP contribution in [0.3, 0.4) is 0 Å². The molecule has 0 bridgehead atoms. The zero-order valence-electron chi connectivity index (χ0n) is 15.8. The minimum absolute atomic E-state index is 0.778. The van der Waals surface area contributed by atoms with Crippen molar-refractivity contribution in [3.63, 3.8) is 0 Å². The van der Waals surface area contributed by atoms with Gasteiger partial charge in [-0.3, -0.25) is 10.7 Å². The van der Waals surface area contributed by atoms with Crippen molar-refractivity contribution in [2.24, 2.45) is 0 Å². The summed E-state index contributed by atoms with van der Waals surface area (Å²) in [6, 6.07) is 6.51. The number of aromatic nitrogens is 2. The lowest BCUT2D eigenvalue weighted by Crippen LogP contribution is -2.27. The van der Waals surface area contributed by atoms with E-state index in [4.69, 9.17) is 10.2 Å². The fourth-order valence-electron chi connectivity index (χ4n) is 3.16. The van der Waals surface area contributed by atoms with Gasteiger partial charge >= 0.3 is 0 Å². The van der Waals surface area contributed by atoms with Crippen molar-refractivity contribution < 1.29 is 5.21 Å². The number of hydrogen-bond acceptors (Lipinski definition) is 4. The van der Waals surface area contributed by atoms with Crippen LogP contribution in [0.25, 0.3) is 11.0 Å². The smallest absolute Gasteiger partial charge is 0.109 e. The minimum atomic E-state index is 0.778. The van der Waals surface area contributed by atoms with E-state index in [0.29, 0.717) is 0 Å². The Kier molecular flexibility index (Phi) is 7.95. The first kappa shape index (κ1) is 19.5. The van der Waals surface area contributed by atoms with Gasteiger partial charge in [0.1, 0.15) is 5.82 Å². The molecule has 0 aliphatic heterocycles. The van der Waals surface area contributed by atoms with Crippen molar-refractivity contribution >= 4 is 11.0 Å². The first-order valence-corrected chi connectivity index (χ1v) is 9.48. The molecule has 25 heavy (non-hydrogen) atoms. The Labute approximate surface area is 151 Å². The number of likely N-dealkylation sites (N-methyl/N-ethyl adjacent to an activating group) is 1. The summed E-state index contributed by atoms with van der Waals surface area (Å²) in [5, 5.41) is 8.63. The van der Waals surface area contributed by atoms with Crippen LogP contribution in [0.4, 0.5) is 0 Å². The molecule has 1 heterocycles. The number of nitrogens with zero attached hydrogens (tertiary/aromatic N) is 3. The number of rotatable bonds is 11. The lowest BCUT2D eigenvalue weighted by Gasteiger charge is -2.19. The summed E-state index contributed by atoms with van der Waals surface area (Å²) < 4.78 is 2.40. The number of aryl methyl sites for hydroxylation is 1. The average Bonchev–Trinajstić information content (AvgIpc) is 2.98. The van der Waals surface area contributed by atoms with E-state index in [1.807, 2.05) is 11.6 Å². The van der Waals surface area contributed by atoms with Gasteiger partial charge < -0.3 is 9.47 Å². The molecule has 138 valence electrons. The molecular formula is C20H32N4O. The monoisotopic (exact) mass is 344 g/mol. The van der Waals surface area contributed by atoms with Crippen LogP contribution in [-0.2, 0) is 19.4 Å². The molecule has 0 aliphatic carbocycles. The number of unbranched alkanes of at least 4 members (excludes halogenated alkanes) is 1. The lowest BCUT2D eigenvalue weighted by atomic mass is 10.1. The number of hydroxylamine groups is 1. The molecule has 5 nitrogen and oxygen atoms in total. The first-order chi connectivity index (χ1) is 12.2. The van der Waals surface area contributed by atoms with Crippen molar-refractivity contribution in [2.75, 3.05) is 19.6 Å². The minimum Gasteiger partial charge on any atom is -0.327 e. The molecule has 0 atom stereocenters. The normalized spacial score (nSPS) is 11.9. The van der Waals surface area contributed by atoms with E-state index in [2.05, 4.69) is 48.4 Å². The third-order valence-corrected chi connectivity index (χ3v) is 4.73. The van der Waals surface area contributed by atoms with Crippen LogP contribution in [0.5, 0.6) is 0 Å². The summed E-state index contributed by atoms with van der Waals surface area (Å²) in [6.45, 7) is 10.9. The molecule has 0 spiro atoms. The number of hydrogen-bond donors (Lipinski definition) is 2. The highest BCUT2D eigenvalue weighted by Crippen LogP contribution is 2.20. The van der Waals surface area contributed by atoms with Gasteiger partial charge in [0.15, 0.2) is 0 Å². The molecule has 2 rings (SSSR count). The van der Waals surface area contributed by atoms with E-state index in [9.17, 15) is 0 Å². The summed E-state index contributed by atoms with van der Waals surface area (Å²) >= 11 is 0. The van der Waals surface area contributed by atoms with Gasteiger partial charge in [-0.15, -0.1) is 0 Å². The molecular weight excluding hydrogens is 312 g/mol. The summed E-state index contributed by atoms with van der Waals surface area (Å²) in [6.07, 6.45) is 7.61. The SMILES string of the molecule is CCCCc1nc2cc(CC=CNO)ccc2n1CCN(CC)CC. The summed E-state index contributed by atoms with van der Waals surface area (Å²) in [5.41, 5.74) is 5.55. The summed E-state index contributed by atoms with van der Waals surface area (Å²) in [7, 11) is 0. The second kappa shape index (κ2) is 10.2. The standard InChI is InChI=1S/C20H32N4O/c1-4-7-10-20-22-18-16-17(9-8-13-21-25)11-12-19(18)24(20)15-14-23(5-2)6-3/h8,11-13,16,21,25H,4-7,9-10,14-15H2,1-3H3. The molecule has 5 heteroatoms. The Morgan fingerprint density at radius 3 is 2.72 bits per heavy atom. The van der Waals surface area contributed by atoms with E-state index in [1.54, 1.807) is 6.20 Å². The Morgan fingerprint density at radius 2 is 2.04 bits per heavy atom. The van der Waals surface area contributed by atoms with Crippen molar-refractivity contribution in [2.45, 2.75) is 53.0 Å². The Bertz CT molecular complexity index is 674. The predicted octanol–water partition coefficient (Wildman–Crippen LogP) is 3.76. The molecule has 0 aliphatic rings. The molecule has 1 aromatic heterocycles. The van der Waals surface area contributed by atoms with Crippen LogP contribution < -0.4 is 5.48 Å². The molecule has 1 aromatic carbocycles. The van der Waals surface area contributed by atoms with Gasteiger partial charge in [-0.05, 0) is 43.6 Å². The first-order valence-electron chi connectivity index (χ1n) is 9.48. The highest BCUT2D eigenvalue weighted by atomic mass is 16.5. The van der Waals surface area contributed by atoms with Gasteiger partial charge in [0.2, 0.25) is 0 Å². The second-order valence-corrected chi connectivity index (χ2v) is 6.37. The van der Waals surface area contributed by atoms with Crippen LogP contribution in [0.2, 0.25) is 0 Å². The van der Waals surface area contributed by atoms with Gasteiger partial charge in [-0.25, -0.2) is 4.98 Å². The molecule has 2 N–H and O–H groups in total. The number of imidazole rings is 1. The molecule has 2 aromatic rings. The number of fused-ring (bicyclic) bond motifs is 1. The number of nitrogens with one attached hydrogen (secondary N) is 1. The summed E-state index contributed by atoms with van der Waals surface area (Å²) in [4.78, 5) is 7.38. The van der Waals surface area contributed by atoms with Gasteiger partial charge in [0.25, 0.3) is 0 Å². The van der Waals surface area contributed by atoms with Crippen LogP contribution in [-0.4, -0.2) is 39.3 Å². The molecule has 0 radical (unpaired) electrons. The number of benzene rings is 1. The molecule has 0 amide bonds. The average molecular weight is 345 g/mol. The Hall–Kier alpha value is -1.85. The maximum absolute atomic E-state index is 8.63. The van der Waals surface area contributed by atoms with E-state index in [-0.39, 0.29) is 0 Å². The van der Waals surface area contributed by atoms with Gasteiger partial charge in [-0.1, -0.05) is 39.3 Å². The van der Waals surface area contributed by atoms with Gasteiger partial charge in [0.05, 0.1) is 11.0 Å². The fraction of sp³-hybridized carbons (Fsp3) is 0.550. The van der Waals surface area contributed by atoms with Crippen LogP contribution in [0, 0.1) is 0 Å². The van der Waals surface area contributed by atoms with Crippen molar-refractivity contribution in [1.29, 1.82) is 0 Å². The van der Waals surface area contributed by atoms with Gasteiger partial charge in [0, 0.05) is 25.7 Å². The van der Waals surface area contributed by atoms with Crippen molar-refractivity contribution in [3.05, 3.63) is 41.9 Å². The largest absolute Gasteiger partial charge is 0.327 e.